The van der Waals surface area contributed by atoms with Crippen molar-refractivity contribution < 1.29 is 33.3 Å². The average molecular weight is 816 g/mol. The van der Waals surface area contributed by atoms with Crippen molar-refractivity contribution in [1.82, 2.24) is 36.0 Å². The van der Waals surface area contributed by atoms with Crippen molar-refractivity contribution in [2.75, 3.05) is 107 Å². The molecule has 0 fully saturated rings. The number of alkyl carbamates (subject to hydrolysis) is 3. The summed E-state index contributed by atoms with van der Waals surface area (Å²) in [6, 6.07) is -1.34. The lowest BCUT2D eigenvalue weighted by atomic mass is 9.93. The highest BCUT2D eigenvalue weighted by Gasteiger charge is 2.26. The van der Waals surface area contributed by atoms with Crippen LogP contribution in [0.15, 0.2) is 0 Å². The van der Waals surface area contributed by atoms with Crippen molar-refractivity contribution >= 4 is 18.3 Å². The van der Waals surface area contributed by atoms with Crippen molar-refractivity contribution in [2.45, 2.75) is 128 Å². The minimum Gasteiger partial charge on any atom is -0.447 e. The van der Waals surface area contributed by atoms with Crippen LogP contribution in [-0.4, -0.2) is 158 Å². The molecule has 0 saturated carbocycles. The maximum absolute atomic E-state index is 13.3. The van der Waals surface area contributed by atoms with Crippen LogP contribution in [0.25, 0.3) is 0 Å². The van der Waals surface area contributed by atoms with Crippen LogP contribution in [0.1, 0.15) is 110 Å². The van der Waals surface area contributed by atoms with Gasteiger partial charge in [-0.15, -0.1) is 0 Å². The van der Waals surface area contributed by atoms with Gasteiger partial charge in [0.2, 0.25) is 0 Å². The molecule has 57 heavy (non-hydrogen) atoms. The summed E-state index contributed by atoms with van der Waals surface area (Å²) in [6.07, 6.45) is -1.12. The number of nitrogens with one attached hydrogen (secondary N) is 4. The molecule has 14 heteroatoms. The van der Waals surface area contributed by atoms with Crippen LogP contribution in [0.4, 0.5) is 14.4 Å². The maximum atomic E-state index is 13.3. The first-order valence-electron chi connectivity index (χ1n) is 20.9. The second kappa shape index (κ2) is 25.3. The molecule has 0 heterocycles. The van der Waals surface area contributed by atoms with Crippen molar-refractivity contribution in [3.8, 4) is 0 Å². The third kappa shape index (κ3) is 35.3. The molecule has 2 unspecified atom stereocenters. The van der Waals surface area contributed by atoms with Crippen LogP contribution in [0, 0.1) is 27.1 Å². The Morgan fingerprint density at radius 2 is 0.860 bits per heavy atom. The summed E-state index contributed by atoms with van der Waals surface area (Å²) in [5.41, 5.74) is 0.467. The Balaban J connectivity index is 5.78. The molecule has 3 amide bonds. The molecule has 4 N–H and O–H groups in total. The topological polar surface area (TPSA) is 146 Å². The second-order valence-corrected chi connectivity index (χ2v) is 22.2. The number of ether oxygens (including phenoxy) is 4. The first-order chi connectivity index (χ1) is 25.8. The number of hydrogen-bond acceptors (Lipinski definition) is 11. The molecule has 0 aliphatic carbocycles. The van der Waals surface area contributed by atoms with Gasteiger partial charge in [0.05, 0.1) is 18.7 Å². The monoisotopic (exact) mass is 816 g/mol. The lowest BCUT2D eigenvalue weighted by Crippen LogP contribution is -2.52. The number of amides is 3. The van der Waals surface area contributed by atoms with Gasteiger partial charge in [0, 0.05) is 59.0 Å². The number of hydrogen-bond donors (Lipinski definition) is 4. The first kappa shape index (κ1) is 54.6. The summed E-state index contributed by atoms with van der Waals surface area (Å²) in [7, 11) is 6.13. The molecule has 0 aliphatic rings. The normalized spacial score (nSPS) is 14.2. The number of carbonyl (C=O) groups is 3. The van der Waals surface area contributed by atoms with Crippen LogP contribution in [-0.2, 0) is 18.9 Å². The highest BCUT2D eigenvalue weighted by Crippen LogP contribution is 2.19. The minimum atomic E-state index is -0.873. The van der Waals surface area contributed by atoms with Crippen LogP contribution >= 0.6 is 0 Å². The van der Waals surface area contributed by atoms with E-state index in [2.05, 4.69) is 140 Å². The van der Waals surface area contributed by atoms with Gasteiger partial charge < -0.3 is 54.9 Å². The molecular weight excluding hydrogens is 727 g/mol. The predicted octanol–water partition coefficient (Wildman–Crippen LogP) is 6.29. The molecule has 0 aromatic rings. The van der Waals surface area contributed by atoms with E-state index in [1.165, 1.54) is 0 Å². The maximum Gasteiger partial charge on any atom is 0.407 e. The van der Waals surface area contributed by atoms with Gasteiger partial charge >= 0.3 is 18.3 Å². The smallest absolute Gasteiger partial charge is 0.407 e. The molecule has 0 rings (SSSR count). The van der Waals surface area contributed by atoms with E-state index in [4.69, 9.17) is 18.9 Å². The van der Waals surface area contributed by atoms with Gasteiger partial charge in [-0.1, -0.05) is 104 Å². The Kier molecular flexibility index (Phi) is 24.2. The van der Waals surface area contributed by atoms with E-state index in [0.717, 1.165) is 32.6 Å². The van der Waals surface area contributed by atoms with E-state index < -0.39 is 24.3 Å². The van der Waals surface area contributed by atoms with Gasteiger partial charge in [0.25, 0.3) is 0 Å². The SMILES string of the molecule is CN(CC(CNCC(C)(C)C)NC(=O)OCC(COC(=O)NC(CN(C)CC(C)(C)C)CN(C)CC(C)(C)C)NC(=O)OCCOCCC(C)(C)C)CC(C)(C)C. The summed E-state index contributed by atoms with van der Waals surface area (Å²) in [5.74, 6) is 0. The summed E-state index contributed by atoms with van der Waals surface area (Å²) >= 11 is 0. The Morgan fingerprint density at radius 3 is 1.26 bits per heavy atom. The molecule has 14 nitrogen and oxygen atoms in total. The highest BCUT2D eigenvalue weighted by atomic mass is 16.6. The molecule has 338 valence electrons. The molecule has 0 spiro atoms. The van der Waals surface area contributed by atoms with Crippen LogP contribution in [0.2, 0.25) is 0 Å². The van der Waals surface area contributed by atoms with E-state index in [9.17, 15) is 14.4 Å². The molecule has 0 aromatic heterocycles. The average Bonchev–Trinajstić information content (AvgIpc) is 2.95. The van der Waals surface area contributed by atoms with Gasteiger partial charge in [-0.2, -0.15) is 0 Å². The van der Waals surface area contributed by atoms with Gasteiger partial charge in [-0.25, -0.2) is 14.4 Å². The highest BCUT2D eigenvalue weighted by molar-refractivity contribution is 5.69. The summed E-state index contributed by atoms with van der Waals surface area (Å²) in [6.45, 7) is 38.5. The fourth-order valence-electron chi connectivity index (χ4n) is 6.47. The van der Waals surface area contributed by atoms with Gasteiger partial charge in [-0.3, -0.25) is 0 Å². The summed E-state index contributed by atoms with van der Waals surface area (Å²) in [5, 5.41) is 12.2. The Bertz CT molecular complexity index is 1110. The third-order valence-electron chi connectivity index (χ3n) is 8.13. The Morgan fingerprint density at radius 1 is 0.474 bits per heavy atom. The fraction of sp³-hybridized carbons (Fsp3) is 0.930. The van der Waals surface area contributed by atoms with Gasteiger partial charge in [0.15, 0.2) is 0 Å². The van der Waals surface area contributed by atoms with E-state index in [1.54, 1.807) is 0 Å². The minimum absolute atomic E-state index is 0.0442. The summed E-state index contributed by atoms with van der Waals surface area (Å²) in [4.78, 5) is 46.0. The standard InChI is InChI=1S/C43H89N7O7/c1-39(2,3)19-20-54-21-22-55-36(51)47-35(27-56-37(52)45-33(23-44-29-40(4,5)6)24-48(16)30-41(7,8)9)28-57-38(53)46-34(25-49(17)31-42(10,11)12)26-50(18)32-43(13,14)15/h33-35,44H,19-32H2,1-18H3,(H,45,52)(H,46,53)(H,47,51). The van der Waals surface area contributed by atoms with E-state index in [-0.39, 0.29) is 65.6 Å². The van der Waals surface area contributed by atoms with E-state index >= 15 is 0 Å². The molecule has 2 atom stereocenters. The van der Waals surface area contributed by atoms with E-state index in [0.29, 0.717) is 32.8 Å². The van der Waals surface area contributed by atoms with Gasteiger partial charge in [0.1, 0.15) is 25.9 Å². The zero-order valence-electron chi connectivity index (χ0n) is 39.8. The number of rotatable bonds is 24. The molecule has 0 aliphatic heterocycles. The van der Waals surface area contributed by atoms with Crippen LogP contribution < -0.4 is 21.3 Å². The number of likely N-dealkylation sites (N-methyl/N-ethyl adjacent to an activating group) is 3. The molecule has 0 radical (unpaired) electrons. The van der Waals surface area contributed by atoms with E-state index in [1.807, 2.05) is 21.1 Å². The first-order valence-corrected chi connectivity index (χ1v) is 20.9. The van der Waals surface area contributed by atoms with Crippen LogP contribution in [0.5, 0.6) is 0 Å². The Hall–Kier alpha value is -2.39. The zero-order valence-corrected chi connectivity index (χ0v) is 39.8. The Labute approximate surface area is 348 Å². The van der Waals surface area contributed by atoms with Crippen LogP contribution in [0.3, 0.4) is 0 Å². The van der Waals surface area contributed by atoms with Crippen molar-refractivity contribution in [3.05, 3.63) is 0 Å². The largest absolute Gasteiger partial charge is 0.447 e. The van der Waals surface area contributed by atoms with Crippen molar-refractivity contribution in [2.24, 2.45) is 27.1 Å². The number of nitrogens with zero attached hydrogens (tertiary/aromatic N) is 3. The molecular formula is C43H89N7O7. The van der Waals surface area contributed by atoms with Gasteiger partial charge in [-0.05, 0) is 54.6 Å². The lowest BCUT2D eigenvalue weighted by molar-refractivity contribution is 0.0545. The quantitative estimate of drug-likeness (QED) is 0.0644. The number of carbonyl (C=O) groups excluding carboxylic acids is 3. The molecule has 0 aromatic carbocycles. The fourth-order valence-corrected chi connectivity index (χ4v) is 6.47. The lowest BCUT2D eigenvalue weighted by Gasteiger charge is -2.33. The molecule has 0 bridgehead atoms. The summed E-state index contributed by atoms with van der Waals surface area (Å²) < 4.78 is 22.3. The predicted molar refractivity (Wildman–Crippen MR) is 233 cm³/mol. The second-order valence-electron chi connectivity index (χ2n) is 22.2. The third-order valence-corrected chi connectivity index (χ3v) is 8.13. The van der Waals surface area contributed by atoms with Crippen molar-refractivity contribution in [3.63, 3.8) is 0 Å². The molecule has 0 saturated heterocycles. The zero-order chi connectivity index (χ0) is 44.3. The van der Waals surface area contributed by atoms with Crippen molar-refractivity contribution in [1.29, 1.82) is 0 Å².